The first-order chi connectivity index (χ1) is 8.50. The van der Waals surface area contributed by atoms with E-state index in [1.165, 1.54) is 12.1 Å². The summed E-state index contributed by atoms with van der Waals surface area (Å²) in [6.07, 6.45) is -1.29. The van der Waals surface area contributed by atoms with Crippen LogP contribution in [-0.2, 0) is 0 Å². The molecule has 18 heavy (non-hydrogen) atoms. The summed E-state index contributed by atoms with van der Waals surface area (Å²) in [5, 5.41) is 10.1. The maximum absolute atomic E-state index is 13.9. The van der Waals surface area contributed by atoms with Gasteiger partial charge in [-0.2, -0.15) is 0 Å². The molecule has 1 N–H and O–H groups in total. The molecule has 0 saturated heterocycles. The Morgan fingerprint density at radius 3 is 2.17 bits per heavy atom. The molecule has 0 aromatic heterocycles. The lowest BCUT2D eigenvalue weighted by Gasteiger charge is -2.14. The summed E-state index contributed by atoms with van der Waals surface area (Å²) < 4.78 is 27.5. The average molecular weight is 248 g/mol. The van der Waals surface area contributed by atoms with Crippen molar-refractivity contribution in [1.82, 2.24) is 0 Å². The van der Waals surface area contributed by atoms with E-state index < -0.39 is 17.7 Å². The number of aryl methyl sites for hydroxylation is 2. The van der Waals surface area contributed by atoms with E-state index in [1.807, 2.05) is 6.92 Å². The van der Waals surface area contributed by atoms with Crippen LogP contribution in [0.15, 0.2) is 36.4 Å². The molecule has 2 aromatic carbocycles. The number of hydrogen-bond donors (Lipinski definition) is 1. The zero-order valence-electron chi connectivity index (χ0n) is 10.2. The van der Waals surface area contributed by atoms with Gasteiger partial charge >= 0.3 is 0 Å². The van der Waals surface area contributed by atoms with Crippen LogP contribution in [0, 0.1) is 25.5 Å². The molecule has 2 aromatic rings. The third kappa shape index (κ3) is 2.27. The van der Waals surface area contributed by atoms with Gasteiger partial charge in [-0.25, -0.2) is 8.78 Å². The lowest BCUT2D eigenvalue weighted by atomic mass is 9.98. The molecule has 0 bridgehead atoms. The number of aliphatic hydroxyl groups is 1. The molecule has 0 heterocycles. The van der Waals surface area contributed by atoms with Gasteiger partial charge in [0.05, 0.1) is 5.56 Å². The number of aliphatic hydroxyl groups excluding tert-OH is 1. The molecule has 0 aliphatic rings. The highest BCUT2D eigenvalue weighted by molar-refractivity contribution is 5.35. The van der Waals surface area contributed by atoms with Gasteiger partial charge in [0.15, 0.2) is 0 Å². The Labute approximate surface area is 105 Å². The summed E-state index contributed by atoms with van der Waals surface area (Å²) in [4.78, 5) is 0. The van der Waals surface area contributed by atoms with E-state index in [1.54, 1.807) is 31.2 Å². The van der Waals surface area contributed by atoms with Gasteiger partial charge in [-0.3, -0.25) is 0 Å². The predicted molar refractivity (Wildman–Crippen MR) is 66.3 cm³/mol. The van der Waals surface area contributed by atoms with Crippen LogP contribution in [0.4, 0.5) is 8.78 Å². The van der Waals surface area contributed by atoms with Crippen LogP contribution < -0.4 is 0 Å². The number of halogens is 2. The molecule has 1 nitrogen and oxygen atoms in total. The first-order valence-electron chi connectivity index (χ1n) is 5.70. The Morgan fingerprint density at radius 2 is 1.56 bits per heavy atom. The molecule has 1 unspecified atom stereocenters. The van der Waals surface area contributed by atoms with E-state index >= 15 is 0 Å². The van der Waals surface area contributed by atoms with Crippen LogP contribution in [0.3, 0.4) is 0 Å². The summed E-state index contributed by atoms with van der Waals surface area (Å²) in [6, 6.07) is 9.46. The molecule has 0 saturated carbocycles. The zero-order chi connectivity index (χ0) is 13.3. The van der Waals surface area contributed by atoms with E-state index in [0.717, 1.165) is 5.56 Å². The first-order valence-corrected chi connectivity index (χ1v) is 5.70. The smallest absolute Gasteiger partial charge is 0.135 e. The number of rotatable bonds is 2. The van der Waals surface area contributed by atoms with E-state index in [4.69, 9.17) is 0 Å². The number of benzene rings is 2. The van der Waals surface area contributed by atoms with Gasteiger partial charge in [0, 0.05) is 0 Å². The molecule has 0 aliphatic carbocycles. The van der Waals surface area contributed by atoms with E-state index in [-0.39, 0.29) is 5.56 Å². The van der Waals surface area contributed by atoms with Crippen LogP contribution in [0.2, 0.25) is 0 Å². The lowest BCUT2D eigenvalue weighted by molar-refractivity contribution is 0.209. The summed E-state index contributed by atoms with van der Waals surface area (Å²) in [5.74, 6) is -1.42. The summed E-state index contributed by atoms with van der Waals surface area (Å²) in [5.41, 5.74) is 1.52. The predicted octanol–water partition coefficient (Wildman–Crippen LogP) is 3.66. The van der Waals surface area contributed by atoms with Crippen molar-refractivity contribution in [3.63, 3.8) is 0 Å². The summed E-state index contributed by atoms with van der Waals surface area (Å²) in [7, 11) is 0. The van der Waals surface area contributed by atoms with Crippen molar-refractivity contribution in [2.24, 2.45) is 0 Å². The van der Waals surface area contributed by atoms with Crippen LogP contribution in [-0.4, -0.2) is 5.11 Å². The maximum Gasteiger partial charge on any atom is 0.135 e. The van der Waals surface area contributed by atoms with Gasteiger partial charge in [0.25, 0.3) is 0 Å². The van der Waals surface area contributed by atoms with Crippen molar-refractivity contribution in [2.75, 3.05) is 0 Å². The van der Waals surface area contributed by atoms with Crippen LogP contribution in [0.1, 0.15) is 28.4 Å². The SMILES string of the molecule is Cc1ccc(C(O)c2c(F)ccc(C)c2F)cc1. The fourth-order valence-electron chi connectivity index (χ4n) is 1.84. The highest BCUT2D eigenvalue weighted by Gasteiger charge is 2.20. The third-order valence-corrected chi connectivity index (χ3v) is 2.99. The second kappa shape index (κ2) is 4.86. The third-order valence-electron chi connectivity index (χ3n) is 2.99. The molecule has 3 heteroatoms. The van der Waals surface area contributed by atoms with E-state index in [2.05, 4.69) is 0 Å². The van der Waals surface area contributed by atoms with Crippen molar-refractivity contribution >= 4 is 0 Å². The van der Waals surface area contributed by atoms with Crippen LogP contribution >= 0.6 is 0 Å². The van der Waals surface area contributed by atoms with E-state index in [0.29, 0.717) is 11.1 Å². The van der Waals surface area contributed by atoms with Gasteiger partial charge in [0.2, 0.25) is 0 Å². The van der Waals surface area contributed by atoms with Gasteiger partial charge in [0.1, 0.15) is 17.7 Å². The van der Waals surface area contributed by atoms with Crippen LogP contribution in [0.5, 0.6) is 0 Å². The molecule has 1 atom stereocenters. The Morgan fingerprint density at radius 1 is 0.944 bits per heavy atom. The minimum atomic E-state index is -1.29. The maximum atomic E-state index is 13.9. The van der Waals surface area contributed by atoms with Gasteiger partial charge in [-0.05, 0) is 31.0 Å². The van der Waals surface area contributed by atoms with Gasteiger partial charge in [-0.1, -0.05) is 35.9 Å². The topological polar surface area (TPSA) is 20.2 Å². The monoisotopic (exact) mass is 248 g/mol. The quantitative estimate of drug-likeness (QED) is 0.859. The minimum Gasteiger partial charge on any atom is -0.383 e. The standard InChI is InChI=1S/C15H14F2O/c1-9-3-6-11(7-4-9)15(18)13-12(16)8-5-10(2)14(13)17/h3-8,15,18H,1-2H3. The Kier molecular flexibility index (Phi) is 3.43. The molecule has 0 spiro atoms. The summed E-state index contributed by atoms with van der Waals surface area (Å²) in [6.45, 7) is 3.45. The Hall–Kier alpha value is -1.74. The molecule has 0 fully saturated rings. The molecule has 0 aliphatic heterocycles. The Balaban J connectivity index is 2.49. The average Bonchev–Trinajstić information content (AvgIpc) is 2.35. The highest BCUT2D eigenvalue weighted by Crippen LogP contribution is 2.28. The normalized spacial score (nSPS) is 12.5. The van der Waals surface area contributed by atoms with Crippen molar-refractivity contribution in [3.8, 4) is 0 Å². The molecular weight excluding hydrogens is 234 g/mol. The second-order valence-corrected chi connectivity index (χ2v) is 4.41. The van der Waals surface area contributed by atoms with E-state index in [9.17, 15) is 13.9 Å². The second-order valence-electron chi connectivity index (χ2n) is 4.41. The minimum absolute atomic E-state index is 0.293. The molecule has 0 amide bonds. The fraction of sp³-hybridized carbons (Fsp3) is 0.200. The molecule has 0 radical (unpaired) electrons. The highest BCUT2D eigenvalue weighted by atomic mass is 19.1. The first kappa shape index (κ1) is 12.7. The molecular formula is C15H14F2O. The molecule has 2 rings (SSSR count). The van der Waals surface area contributed by atoms with Crippen molar-refractivity contribution in [2.45, 2.75) is 20.0 Å². The van der Waals surface area contributed by atoms with Crippen LogP contribution in [0.25, 0.3) is 0 Å². The Bertz CT molecular complexity index is 561. The lowest BCUT2D eigenvalue weighted by Crippen LogP contribution is -2.07. The molecule has 94 valence electrons. The zero-order valence-corrected chi connectivity index (χ0v) is 10.2. The largest absolute Gasteiger partial charge is 0.383 e. The summed E-state index contributed by atoms with van der Waals surface area (Å²) >= 11 is 0. The van der Waals surface area contributed by atoms with Gasteiger partial charge in [-0.15, -0.1) is 0 Å². The fourth-order valence-corrected chi connectivity index (χ4v) is 1.84. The van der Waals surface area contributed by atoms with Crippen molar-refractivity contribution in [1.29, 1.82) is 0 Å². The van der Waals surface area contributed by atoms with Crippen molar-refractivity contribution in [3.05, 3.63) is 70.3 Å². The number of hydrogen-bond acceptors (Lipinski definition) is 1. The van der Waals surface area contributed by atoms with Crippen molar-refractivity contribution < 1.29 is 13.9 Å². The van der Waals surface area contributed by atoms with Gasteiger partial charge < -0.3 is 5.11 Å².